The SMILES string of the molecule is CSc1ncc2cc(Cc3ccccc3)n(C)c2n1. The molecule has 0 saturated heterocycles. The smallest absolute Gasteiger partial charge is 0.189 e. The van der Waals surface area contributed by atoms with E-state index in [2.05, 4.69) is 51.9 Å². The lowest BCUT2D eigenvalue weighted by atomic mass is 10.1. The highest BCUT2D eigenvalue weighted by Crippen LogP contribution is 2.20. The van der Waals surface area contributed by atoms with Crippen LogP contribution in [0, 0.1) is 0 Å². The van der Waals surface area contributed by atoms with Gasteiger partial charge < -0.3 is 4.57 Å². The van der Waals surface area contributed by atoms with Crippen molar-refractivity contribution in [2.75, 3.05) is 6.26 Å². The molecule has 2 aromatic heterocycles. The summed E-state index contributed by atoms with van der Waals surface area (Å²) in [4.78, 5) is 8.90. The Morgan fingerprint density at radius 3 is 2.74 bits per heavy atom. The molecule has 19 heavy (non-hydrogen) atoms. The topological polar surface area (TPSA) is 30.7 Å². The summed E-state index contributed by atoms with van der Waals surface area (Å²) in [7, 11) is 2.07. The molecule has 0 spiro atoms. The van der Waals surface area contributed by atoms with Crippen LogP contribution in [-0.4, -0.2) is 20.8 Å². The molecular weight excluding hydrogens is 254 g/mol. The molecule has 3 aromatic rings. The van der Waals surface area contributed by atoms with Crippen molar-refractivity contribution in [1.29, 1.82) is 0 Å². The van der Waals surface area contributed by atoms with E-state index in [1.54, 1.807) is 11.8 Å². The molecule has 4 heteroatoms. The molecule has 1 aromatic carbocycles. The first-order valence-electron chi connectivity index (χ1n) is 6.17. The Bertz CT molecular complexity index is 704. The Kier molecular flexibility index (Phi) is 3.25. The van der Waals surface area contributed by atoms with E-state index in [0.29, 0.717) is 0 Å². The number of hydrogen-bond acceptors (Lipinski definition) is 3. The maximum absolute atomic E-state index is 4.57. The minimum atomic E-state index is 0.819. The third kappa shape index (κ3) is 2.36. The molecule has 0 radical (unpaired) electrons. The van der Waals surface area contributed by atoms with E-state index in [1.165, 1.54) is 11.3 Å². The second-order valence-electron chi connectivity index (χ2n) is 4.49. The monoisotopic (exact) mass is 269 g/mol. The number of nitrogens with zero attached hydrogens (tertiary/aromatic N) is 3. The lowest BCUT2D eigenvalue weighted by Gasteiger charge is -2.04. The number of rotatable bonds is 3. The molecule has 0 aliphatic carbocycles. The average Bonchev–Trinajstić information content (AvgIpc) is 2.76. The van der Waals surface area contributed by atoms with Gasteiger partial charge in [0.05, 0.1) is 0 Å². The van der Waals surface area contributed by atoms with Crippen molar-refractivity contribution in [3.05, 3.63) is 53.9 Å². The van der Waals surface area contributed by atoms with E-state index >= 15 is 0 Å². The third-order valence-electron chi connectivity index (χ3n) is 3.26. The van der Waals surface area contributed by atoms with Crippen molar-refractivity contribution in [2.24, 2.45) is 7.05 Å². The first kappa shape index (κ1) is 12.2. The standard InChI is InChI=1S/C15H15N3S/c1-18-13(8-11-6-4-3-5-7-11)9-12-10-16-15(19-2)17-14(12)18/h3-7,9-10H,8H2,1-2H3. The zero-order valence-electron chi connectivity index (χ0n) is 11.0. The van der Waals surface area contributed by atoms with Gasteiger partial charge in [-0.2, -0.15) is 0 Å². The first-order chi connectivity index (χ1) is 9.28. The van der Waals surface area contributed by atoms with E-state index in [0.717, 1.165) is 22.6 Å². The third-order valence-corrected chi connectivity index (χ3v) is 3.82. The summed E-state index contributed by atoms with van der Waals surface area (Å²) < 4.78 is 2.16. The Labute approximate surface area is 116 Å². The molecular formula is C15H15N3S. The van der Waals surface area contributed by atoms with Crippen LogP contribution in [0.3, 0.4) is 0 Å². The molecule has 0 saturated carbocycles. The minimum absolute atomic E-state index is 0.819. The van der Waals surface area contributed by atoms with Gasteiger partial charge in [0.15, 0.2) is 5.16 Å². The lowest BCUT2D eigenvalue weighted by Crippen LogP contribution is -1.98. The van der Waals surface area contributed by atoms with Crippen LogP contribution in [0.4, 0.5) is 0 Å². The van der Waals surface area contributed by atoms with Crippen LogP contribution < -0.4 is 0 Å². The maximum Gasteiger partial charge on any atom is 0.189 e. The number of aryl methyl sites for hydroxylation is 1. The summed E-state index contributed by atoms with van der Waals surface area (Å²) >= 11 is 1.57. The molecule has 0 unspecified atom stereocenters. The molecule has 0 fully saturated rings. The highest BCUT2D eigenvalue weighted by atomic mass is 32.2. The van der Waals surface area contributed by atoms with Crippen LogP contribution in [0.1, 0.15) is 11.3 Å². The van der Waals surface area contributed by atoms with Gasteiger partial charge in [0.25, 0.3) is 0 Å². The fourth-order valence-electron chi connectivity index (χ4n) is 2.22. The van der Waals surface area contributed by atoms with Crippen molar-refractivity contribution < 1.29 is 0 Å². The molecule has 0 aliphatic heterocycles. The number of thioether (sulfide) groups is 1. The van der Waals surface area contributed by atoms with Gasteiger partial charge >= 0.3 is 0 Å². The number of fused-ring (bicyclic) bond motifs is 1. The van der Waals surface area contributed by atoms with Crippen molar-refractivity contribution in [1.82, 2.24) is 14.5 Å². The Balaban J connectivity index is 2.03. The summed E-state index contributed by atoms with van der Waals surface area (Å²) in [5.74, 6) is 0. The van der Waals surface area contributed by atoms with Crippen LogP contribution in [0.15, 0.2) is 47.8 Å². The molecule has 3 rings (SSSR count). The van der Waals surface area contributed by atoms with Crippen LogP contribution >= 0.6 is 11.8 Å². The second-order valence-corrected chi connectivity index (χ2v) is 5.27. The van der Waals surface area contributed by atoms with Crippen LogP contribution in [0.2, 0.25) is 0 Å². The zero-order valence-corrected chi connectivity index (χ0v) is 11.8. The van der Waals surface area contributed by atoms with Crippen molar-refractivity contribution >= 4 is 22.8 Å². The fourth-order valence-corrected chi connectivity index (χ4v) is 2.56. The molecule has 0 N–H and O–H groups in total. The zero-order chi connectivity index (χ0) is 13.2. The van der Waals surface area contributed by atoms with Crippen LogP contribution in [0.25, 0.3) is 11.0 Å². The number of hydrogen-bond donors (Lipinski definition) is 0. The van der Waals surface area contributed by atoms with E-state index < -0.39 is 0 Å². The lowest BCUT2D eigenvalue weighted by molar-refractivity contribution is 0.851. The van der Waals surface area contributed by atoms with Gasteiger partial charge in [0, 0.05) is 30.7 Å². The van der Waals surface area contributed by atoms with Crippen molar-refractivity contribution in [2.45, 2.75) is 11.6 Å². The summed E-state index contributed by atoms with van der Waals surface area (Å²) in [6.45, 7) is 0. The molecule has 0 atom stereocenters. The van der Waals surface area contributed by atoms with E-state index in [-0.39, 0.29) is 0 Å². The predicted octanol–water partition coefficient (Wildman–Crippen LogP) is 3.28. The quantitative estimate of drug-likeness (QED) is 0.540. The molecule has 3 nitrogen and oxygen atoms in total. The number of benzene rings is 1. The van der Waals surface area contributed by atoms with Crippen molar-refractivity contribution in [3.8, 4) is 0 Å². The second kappa shape index (κ2) is 5.05. The van der Waals surface area contributed by atoms with Gasteiger partial charge in [-0.1, -0.05) is 42.1 Å². The minimum Gasteiger partial charge on any atom is -0.332 e. The van der Waals surface area contributed by atoms with Gasteiger partial charge in [-0.15, -0.1) is 0 Å². The summed E-state index contributed by atoms with van der Waals surface area (Å²) in [5, 5.41) is 1.92. The van der Waals surface area contributed by atoms with Gasteiger partial charge in [-0.25, -0.2) is 9.97 Å². The Morgan fingerprint density at radius 2 is 2.00 bits per heavy atom. The maximum atomic E-state index is 4.57. The van der Waals surface area contributed by atoms with Gasteiger partial charge in [0.2, 0.25) is 0 Å². The molecule has 0 bridgehead atoms. The molecule has 96 valence electrons. The molecule has 2 heterocycles. The Hall–Kier alpha value is -1.81. The highest BCUT2D eigenvalue weighted by molar-refractivity contribution is 7.98. The van der Waals surface area contributed by atoms with E-state index in [9.17, 15) is 0 Å². The normalized spacial score (nSPS) is 11.1. The number of aromatic nitrogens is 3. The first-order valence-corrected chi connectivity index (χ1v) is 7.39. The largest absolute Gasteiger partial charge is 0.332 e. The van der Waals surface area contributed by atoms with Crippen molar-refractivity contribution in [3.63, 3.8) is 0 Å². The van der Waals surface area contributed by atoms with Crippen LogP contribution in [-0.2, 0) is 13.5 Å². The van der Waals surface area contributed by atoms with Gasteiger partial charge in [-0.05, 0) is 17.9 Å². The van der Waals surface area contributed by atoms with Crippen LogP contribution in [0.5, 0.6) is 0 Å². The van der Waals surface area contributed by atoms with Gasteiger partial charge in [-0.3, -0.25) is 0 Å². The highest BCUT2D eigenvalue weighted by Gasteiger charge is 2.09. The fraction of sp³-hybridized carbons (Fsp3) is 0.200. The predicted molar refractivity (Wildman–Crippen MR) is 79.5 cm³/mol. The summed E-state index contributed by atoms with van der Waals surface area (Å²) in [6, 6.07) is 12.7. The van der Waals surface area contributed by atoms with E-state index in [1.807, 2.05) is 18.5 Å². The van der Waals surface area contributed by atoms with Gasteiger partial charge in [0.1, 0.15) is 5.65 Å². The van der Waals surface area contributed by atoms with E-state index in [4.69, 9.17) is 0 Å². The molecule has 0 aliphatic rings. The summed E-state index contributed by atoms with van der Waals surface area (Å²) in [6.07, 6.45) is 4.82. The summed E-state index contributed by atoms with van der Waals surface area (Å²) in [5.41, 5.74) is 3.57. The average molecular weight is 269 g/mol. The molecule has 0 amide bonds. The Morgan fingerprint density at radius 1 is 1.21 bits per heavy atom.